The molecule has 0 saturated carbocycles. The molecular weight excluding hydrogens is 226 g/mol. The lowest BCUT2D eigenvalue weighted by Crippen LogP contribution is -2.43. The second-order valence-corrected chi connectivity index (χ2v) is 6.12. The number of rotatable bonds is 4. The Kier molecular flexibility index (Phi) is 5.45. The Balaban J connectivity index is 2.44. The van der Waals surface area contributed by atoms with Crippen LogP contribution in [-0.4, -0.2) is 66.5 Å². The highest BCUT2D eigenvalue weighted by Crippen LogP contribution is 2.19. The van der Waals surface area contributed by atoms with Gasteiger partial charge in [0.05, 0.1) is 0 Å². The number of likely N-dealkylation sites (tertiary alicyclic amines) is 1. The van der Waals surface area contributed by atoms with Crippen molar-refractivity contribution in [1.82, 2.24) is 14.7 Å². The average molecular weight is 255 g/mol. The second kappa shape index (κ2) is 6.41. The lowest BCUT2D eigenvalue weighted by atomic mass is 10.1. The van der Waals surface area contributed by atoms with E-state index in [9.17, 15) is 4.79 Å². The van der Waals surface area contributed by atoms with Gasteiger partial charge in [0.1, 0.15) is 0 Å². The Labute approximate surface area is 112 Å². The molecule has 1 heterocycles. The molecule has 18 heavy (non-hydrogen) atoms. The van der Waals surface area contributed by atoms with Crippen LogP contribution in [-0.2, 0) is 0 Å². The van der Waals surface area contributed by atoms with Crippen molar-refractivity contribution >= 4 is 6.03 Å². The van der Waals surface area contributed by atoms with Gasteiger partial charge in [0.25, 0.3) is 0 Å². The van der Waals surface area contributed by atoms with Crippen LogP contribution in [0.5, 0.6) is 0 Å². The van der Waals surface area contributed by atoms with E-state index in [0.29, 0.717) is 12.0 Å². The van der Waals surface area contributed by atoms with Gasteiger partial charge in [-0.3, -0.25) is 0 Å². The highest BCUT2D eigenvalue weighted by molar-refractivity contribution is 5.74. The predicted molar refractivity (Wildman–Crippen MR) is 75.7 cm³/mol. The topological polar surface area (TPSA) is 26.8 Å². The Bertz CT molecular complexity index is 278. The summed E-state index contributed by atoms with van der Waals surface area (Å²) in [5, 5.41) is 0. The van der Waals surface area contributed by atoms with Gasteiger partial charge < -0.3 is 14.7 Å². The Hall–Kier alpha value is -0.770. The summed E-state index contributed by atoms with van der Waals surface area (Å²) in [4.78, 5) is 18.4. The summed E-state index contributed by atoms with van der Waals surface area (Å²) in [6.45, 7) is 11.4. The number of carbonyl (C=O) groups excluding carboxylic acids is 1. The van der Waals surface area contributed by atoms with Gasteiger partial charge in [-0.1, -0.05) is 0 Å². The van der Waals surface area contributed by atoms with Crippen molar-refractivity contribution < 1.29 is 4.79 Å². The molecule has 0 bridgehead atoms. The lowest BCUT2D eigenvalue weighted by Gasteiger charge is -2.28. The van der Waals surface area contributed by atoms with Crippen LogP contribution in [0.4, 0.5) is 4.79 Å². The first-order chi connectivity index (χ1) is 8.32. The van der Waals surface area contributed by atoms with E-state index in [1.165, 1.54) is 0 Å². The van der Waals surface area contributed by atoms with E-state index in [2.05, 4.69) is 39.6 Å². The zero-order valence-electron chi connectivity index (χ0n) is 12.8. The number of amides is 2. The zero-order chi connectivity index (χ0) is 13.9. The Morgan fingerprint density at radius 3 is 2.33 bits per heavy atom. The van der Waals surface area contributed by atoms with Gasteiger partial charge in [0.15, 0.2) is 0 Å². The summed E-state index contributed by atoms with van der Waals surface area (Å²) in [5.74, 6) is 0.627. The Morgan fingerprint density at radius 2 is 1.83 bits per heavy atom. The molecule has 0 aromatic rings. The number of hydrogen-bond acceptors (Lipinski definition) is 2. The largest absolute Gasteiger partial charge is 0.325 e. The van der Waals surface area contributed by atoms with Crippen LogP contribution in [0.25, 0.3) is 0 Å². The highest BCUT2D eigenvalue weighted by Gasteiger charge is 2.29. The van der Waals surface area contributed by atoms with E-state index in [1.54, 1.807) is 0 Å². The number of carbonyl (C=O) groups is 1. The summed E-state index contributed by atoms with van der Waals surface area (Å²) in [6, 6.07) is 1.03. The van der Waals surface area contributed by atoms with E-state index >= 15 is 0 Å². The molecular formula is C14H29N3O. The van der Waals surface area contributed by atoms with Crippen molar-refractivity contribution in [3.05, 3.63) is 0 Å². The molecule has 4 nitrogen and oxygen atoms in total. The third kappa shape index (κ3) is 3.87. The molecule has 1 unspecified atom stereocenters. The van der Waals surface area contributed by atoms with Crippen LogP contribution < -0.4 is 0 Å². The third-order valence-electron chi connectivity index (χ3n) is 4.06. The smallest absolute Gasteiger partial charge is 0.319 e. The summed E-state index contributed by atoms with van der Waals surface area (Å²) < 4.78 is 0. The van der Waals surface area contributed by atoms with E-state index in [-0.39, 0.29) is 12.1 Å². The molecule has 0 N–H and O–H groups in total. The van der Waals surface area contributed by atoms with Gasteiger partial charge in [-0.2, -0.15) is 0 Å². The fourth-order valence-electron chi connectivity index (χ4n) is 2.22. The number of hydrogen-bond donors (Lipinski definition) is 0. The Morgan fingerprint density at radius 1 is 1.22 bits per heavy atom. The molecule has 4 heteroatoms. The molecule has 0 aromatic carbocycles. The van der Waals surface area contributed by atoms with Crippen molar-refractivity contribution in [2.45, 2.75) is 46.2 Å². The minimum atomic E-state index is 0.180. The van der Waals surface area contributed by atoms with Crippen LogP contribution in [0.2, 0.25) is 0 Å². The first-order valence-electron chi connectivity index (χ1n) is 7.04. The molecule has 0 radical (unpaired) electrons. The van der Waals surface area contributed by atoms with Gasteiger partial charge in [0, 0.05) is 38.8 Å². The molecule has 1 saturated heterocycles. The van der Waals surface area contributed by atoms with Gasteiger partial charge >= 0.3 is 6.03 Å². The van der Waals surface area contributed by atoms with Gasteiger partial charge in [-0.05, 0) is 47.1 Å². The normalized spacial score (nSPS) is 20.3. The molecule has 2 amide bonds. The summed E-state index contributed by atoms with van der Waals surface area (Å²) in [7, 11) is 4.05. The van der Waals surface area contributed by atoms with E-state index in [4.69, 9.17) is 0 Å². The van der Waals surface area contributed by atoms with Crippen molar-refractivity contribution in [1.29, 1.82) is 0 Å². The first kappa shape index (κ1) is 15.3. The first-order valence-corrected chi connectivity index (χ1v) is 7.04. The molecule has 1 fully saturated rings. The maximum absolute atomic E-state index is 12.2. The lowest BCUT2D eigenvalue weighted by molar-refractivity contribution is 0.158. The van der Waals surface area contributed by atoms with Crippen LogP contribution in [0.3, 0.4) is 0 Å². The minimum Gasteiger partial charge on any atom is -0.325 e. The molecule has 1 rings (SSSR count). The molecule has 0 aliphatic carbocycles. The third-order valence-corrected chi connectivity index (χ3v) is 4.06. The maximum Gasteiger partial charge on any atom is 0.319 e. The van der Waals surface area contributed by atoms with Gasteiger partial charge in [-0.25, -0.2) is 4.79 Å². The summed E-state index contributed by atoms with van der Waals surface area (Å²) in [6.07, 6.45) is 1.13. The molecule has 1 atom stereocenters. The standard InChI is InChI=1S/C14H29N3O/c1-11(2)15(5)9-13-7-8-17(10-13)14(18)16(6)12(3)4/h11-13H,7-10H2,1-6H3. The highest BCUT2D eigenvalue weighted by atomic mass is 16.2. The number of nitrogens with zero attached hydrogens (tertiary/aromatic N) is 3. The van der Waals surface area contributed by atoms with Crippen molar-refractivity contribution in [2.24, 2.45) is 5.92 Å². The SMILES string of the molecule is CC(C)N(C)CC1CCN(C(=O)N(C)C(C)C)C1. The molecule has 0 spiro atoms. The van der Waals surface area contributed by atoms with Crippen LogP contribution >= 0.6 is 0 Å². The quantitative estimate of drug-likeness (QED) is 0.769. The number of urea groups is 1. The monoisotopic (exact) mass is 255 g/mol. The summed E-state index contributed by atoms with van der Waals surface area (Å²) in [5.41, 5.74) is 0. The zero-order valence-corrected chi connectivity index (χ0v) is 12.8. The summed E-state index contributed by atoms with van der Waals surface area (Å²) >= 11 is 0. The van der Waals surface area contributed by atoms with Gasteiger partial charge in [0.2, 0.25) is 0 Å². The molecule has 1 aliphatic heterocycles. The van der Waals surface area contributed by atoms with Gasteiger partial charge in [-0.15, -0.1) is 0 Å². The molecule has 106 valence electrons. The fourth-order valence-corrected chi connectivity index (χ4v) is 2.22. The fraction of sp³-hybridized carbons (Fsp3) is 0.929. The van der Waals surface area contributed by atoms with Crippen molar-refractivity contribution in [3.63, 3.8) is 0 Å². The predicted octanol–water partition coefficient (Wildman–Crippen LogP) is 2.11. The molecule has 0 aromatic heterocycles. The van der Waals surface area contributed by atoms with E-state index in [0.717, 1.165) is 26.1 Å². The maximum atomic E-state index is 12.2. The van der Waals surface area contributed by atoms with Crippen molar-refractivity contribution in [2.75, 3.05) is 33.7 Å². The van der Waals surface area contributed by atoms with E-state index in [1.807, 2.05) is 16.8 Å². The van der Waals surface area contributed by atoms with Crippen LogP contribution in [0.1, 0.15) is 34.1 Å². The second-order valence-electron chi connectivity index (χ2n) is 6.12. The minimum absolute atomic E-state index is 0.180. The van der Waals surface area contributed by atoms with E-state index < -0.39 is 0 Å². The van der Waals surface area contributed by atoms with Crippen molar-refractivity contribution in [3.8, 4) is 0 Å². The van der Waals surface area contributed by atoms with Crippen LogP contribution in [0.15, 0.2) is 0 Å². The average Bonchev–Trinajstić information content (AvgIpc) is 2.75. The molecule has 1 aliphatic rings. The van der Waals surface area contributed by atoms with Crippen LogP contribution in [0, 0.1) is 5.92 Å².